The number of carbonyl (C=O) groups is 1. The summed E-state index contributed by atoms with van der Waals surface area (Å²) >= 11 is 2.81. The highest BCUT2D eigenvalue weighted by Crippen LogP contribution is 2.16. The lowest BCUT2D eigenvalue weighted by Crippen LogP contribution is -2.31. The summed E-state index contributed by atoms with van der Waals surface area (Å²) < 4.78 is 10.9. The minimum absolute atomic E-state index is 0.267. The Hall–Kier alpha value is -0.675. The Bertz CT molecular complexity index is 318. The second-order valence-electron chi connectivity index (χ2n) is 2.79. The maximum absolute atomic E-state index is 12.5. The van der Waals surface area contributed by atoms with Crippen LogP contribution in [0.2, 0.25) is 0 Å². The first-order valence-electron chi connectivity index (χ1n) is 3.63. The molecule has 1 aromatic carbocycles. The zero-order valence-corrected chi connectivity index (χ0v) is 8.51. The first kappa shape index (κ1) is 10.4. The molecule has 5 heteroatoms. The summed E-state index contributed by atoms with van der Waals surface area (Å²) in [6, 6.07) is 5.00. The molecule has 0 heterocycles. The Morgan fingerprint density at radius 3 is 2.31 bits per heavy atom. The average molecular weight is 245 g/mol. The van der Waals surface area contributed by atoms with Gasteiger partial charge in [0.2, 0.25) is 0 Å². The number of carbonyl (C=O) groups excluding carboxylic acids is 1. The first-order valence-corrected chi connectivity index (χ1v) is 4.42. The van der Waals surface area contributed by atoms with Crippen LogP contribution in [0.1, 0.15) is 10.4 Å². The highest BCUT2D eigenvalue weighted by Gasteiger charge is 2.26. The van der Waals surface area contributed by atoms with E-state index in [9.17, 15) is 14.3 Å². The molecule has 1 aromatic rings. The molecule has 1 atom stereocenters. The van der Waals surface area contributed by atoms with Crippen LogP contribution in [0, 0.1) is 5.82 Å². The van der Waals surface area contributed by atoms with Crippen LogP contribution in [-0.4, -0.2) is 23.1 Å². The molecule has 0 aromatic heterocycles. The molecule has 0 aliphatic rings. The number of ketones is 1. The highest BCUT2D eigenvalue weighted by molar-refractivity contribution is 9.10. The summed E-state index contributed by atoms with van der Waals surface area (Å²) in [5.41, 5.74) is 0.267. The Morgan fingerprint density at radius 1 is 1.46 bits per heavy atom. The van der Waals surface area contributed by atoms with Gasteiger partial charge in [-0.3, -0.25) is 4.79 Å². The van der Waals surface area contributed by atoms with Crippen molar-refractivity contribution in [3.05, 3.63) is 35.6 Å². The number of benzene rings is 1. The lowest BCUT2D eigenvalue weighted by molar-refractivity contribution is 0.0826. The van der Waals surface area contributed by atoms with Crippen molar-refractivity contribution in [2.75, 3.05) is 0 Å². The first-order chi connectivity index (χ1) is 5.91. The summed E-state index contributed by atoms with van der Waals surface area (Å²) in [6.07, 6.45) is 0. The zero-order chi connectivity index (χ0) is 10.1. The number of aliphatic hydroxyl groups is 1. The van der Waals surface area contributed by atoms with Gasteiger partial charge < -0.3 is 5.11 Å². The van der Waals surface area contributed by atoms with E-state index in [1.807, 2.05) is 0 Å². The third kappa shape index (κ3) is 2.64. The van der Waals surface area contributed by atoms with Crippen molar-refractivity contribution in [1.82, 2.24) is 0 Å². The monoisotopic (exact) mass is 244 g/mol. The van der Waals surface area contributed by atoms with Gasteiger partial charge in [-0.2, -0.15) is 0 Å². The minimum atomic E-state index is -1.59. The van der Waals surface area contributed by atoms with Crippen LogP contribution < -0.4 is 0 Å². The molecule has 0 saturated carbocycles. The predicted molar refractivity (Wildman–Crippen MR) is 53.2 cm³/mol. The second-order valence-corrected chi connectivity index (χ2v) is 4.33. The van der Waals surface area contributed by atoms with Gasteiger partial charge in [-0.1, -0.05) is 15.9 Å². The minimum Gasteiger partial charge on any atom is -0.380 e. The fourth-order valence-electron chi connectivity index (χ4n) is 0.865. The molecule has 0 fully saturated rings. The van der Waals surface area contributed by atoms with E-state index in [1.165, 1.54) is 32.1 Å². The van der Waals surface area contributed by atoms with E-state index in [1.54, 1.807) is 0 Å². The van der Waals surface area contributed by atoms with Crippen LogP contribution in [-0.2, 0) is 0 Å². The van der Waals surface area contributed by atoms with E-state index < -0.39 is 16.0 Å². The second kappa shape index (κ2) is 3.60. The molecule has 0 radical (unpaired) electrons. The fraction of sp³-hybridized carbons (Fsp3) is 0.125. The van der Waals surface area contributed by atoms with Crippen LogP contribution in [0.4, 0.5) is 4.39 Å². The number of rotatable bonds is 2. The van der Waals surface area contributed by atoms with Gasteiger partial charge in [0.15, 0.2) is 13.6 Å². The summed E-state index contributed by atoms with van der Waals surface area (Å²) in [4.78, 5) is 11.4. The summed E-state index contributed by atoms with van der Waals surface area (Å²) in [5.74, 6) is -0.904. The lowest BCUT2D eigenvalue weighted by Gasteiger charge is -2.13. The third-order valence-corrected chi connectivity index (χ3v) is 1.88. The normalized spacial score (nSPS) is 15.0. The number of hydrogen-bond donors (Lipinski definition) is 1. The van der Waals surface area contributed by atoms with E-state index in [2.05, 4.69) is 15.9 Å². The quantitative estimate of drug-likeness (QED) is 0.472. The average Bonchev–Trinajstić information content (AvgIpc) is 2.03. The van der Waals surface area contributed by atoms with Crippen molar-refractivity contribution < 1.29 is 14.3 Å². The molecular weight excluding hydrogens is 238 g/mol. The Morgan fingerprint density at radius 2 is 1.92 bits per heavy atom. The Balaban J connectivity index is 2.97. The molecule has 2 nitrogen and oxygen atoms in total. The van der Waals surface area contributed by atoms with E-state index in [4.69, 9.17) is 0 Å². The Kier molecular flexibility index (Phi) is 2.88. The summed E-state index contributed by atoms with van der Waals surface area (Å²) in [6.45, 7) is 0. The Labute approximate surface area is 84.3 Å². The topological polar surface area (TPSA) is 37.3 Å². The number of alkyl halides is 1. The van der Waals surface area contributed by atoms with Crippen molar-refractivity contribution in [3.8, 4) is 0 Å². The van der Waals surface area contributed by atoms with Crippen LogP contribution in [0.15, 0.2) is 24.3 Å². The number of halogens is 2. The molecule has 68 valence electrons. The summed E-state index contributed by atoms with van der Waals surface area (Å²) in [7, 11) is 1.32. The van der Waals surface area contributed by atoms with Crippen molar-refractivity contribution >= 4 is 29.6 Å². The van der Waals surface area contributed by atoms with Crippen molar-refractivity contribution in [3.63, 3.8) is 0 Å². The molecular formula is C8H7BBrFO2. The molecule has 13 heavy (non-hydrogen) atoms. The predicted octanol–water partition coefficient (Wildman–Crippen LogP) is 0.682. The van der Waals surface area contributed by atoms with Gasteiger partial charge in [0.05, 0.1) is 0 Å². The maximum atomic E-state index is 12.5. The van der Waals surface area contributed by atoms with E-state index in [0.717, 1.165) is 0 Å². The van der Waals surface area contributed by atoms with Crippen molar-refractivity contribution in [2.24, 2.45) is 0 Å². The molecule has 1 unspecified atom stereocenters. The maximum Gasteiger partial charge on any atom is 0.195 e. The SMILES string of the molecule is BC(O)(Br)C(=O)c1ccc(F)cc1. The summed E-state index contributed by atoms with van der Waals surface area (Å²) in [5, 5.41) is 9.28. The number of Topliss-reactive ketones (excluding diaryl/α,β-unsaturated/α-hetero) is 1. The van der Waals surface area contributed by atoms with Gasteiger partial charge in [0.25, 0.3) is 0 Å². The molecule has 1 rings (SSSR count). The number of hydrogen-bond acceptors (Lipinski definition) is 2. The lowest BCUT2D eigenvalue weighted by atomic mass is 9.91. The molecule has 0 spiro atoms. The van der Waals surface area contributed by atoms with Crippen molar-refractivity contribution in [2.45, 2.75) is 4.41 Å². The van der Waals surface area contributed by atoms with Crippen molar-refractivity contribution in [1.29, 1.82) is 0 Å². The molecule has 0 aliphatic heterocycles. The van der Waals surface area contributed by atoms with Gasteiger partial charge in [-0.25, -0.2) is 4.39 Å². The molecule has 0 aliphatic carbocycles. The highest BCUT2D eigenvalue weighted by atomic mass is 79.9. The fourth-order valence-corrected chi connectivity index (χ4v) is 1.09. The molecule has 1 N–H and O–H groups in total. The third-order valence-electron chi connectivity index (χ3n) is 1.52. The van der Waals surface area contributed by atoms with Crippen LogP contribution in [0.3, 0.4) is 0 Å². The zero-order valence-electron chi connectivity index (χ0n) is 6.92. The standard InChI is InChI=1S/C8H7BBrFO2/c9-8(10,13)7(12)5-1-3-6(11)4-2-5/h1-4,13H,9H2. The van der Waals surface area contributed by atoms with Gasteiger partial charge in [0.1, 0.15) is 10.2 Å². The van der Waals surface area contributed by atoms with Gasteiger partial charge in [-0.05, 0) is 24.3 Å². The van der Waals surface area contributed by atoms with E-state index >= 15 is 0 Å². The smallest absolute Gasteiger partial charge is 0.195 e. The largest absolute Gasteiger partial charge is 0.380 e. The van der Waals surface area contributed by atoms with Crippen LogP contribution in [0.5, 0.6) is 0 Å². The molecule has 0 bridgehead atoms. The van der Waals surface area contributed by atoms with E-state index in [-0.39, 0.29) is 5.56 Å². The van der Waals surface area contributed by atoms with Gasteiger partial charge >= 0.3 is 0 Å². The van der Waals surface area contributed by atoms with Gasteiger partial charge in [-0.15, -0.1) is 0 Å². The molecule has 0 amide bonds. The van der Waals surface area contributed by atoms with Gasteiger partial charge in [0, 0.05) is 5.56 Å². The van der Waals surface area contributed by atoms with Crippen LogP contribution >= 0.6 is 15.9 Å². The van der Waals surface area contributed by atoms with E-state index in [0.29, 0.717) is 0 Å². The molecule has 0 saturated heterocycles. The van der Waals surface area contributed by atoms with Crippen LogP contribution in [0.25, 0.3) is 0 Å².